The molecule has 4 nitrogen and oxygen atoms in total. The average Bonchev–Trinajstić information content (AvgIpc) is 2.66. The van der Waals surface area contributed by atoms with Crippen molar-refractivity contribution in [3.63, 3.8) is 0 Å². The number of rotatable bonds is 6. The van der Waals surface area contributed by atoms with Gasteiger partial charge in [0, 0.05) is 37.7 Å². The maximum Gasteiger partial charge on any atom is 0.253 e. The lowest BCUT2D eigenvalue weighted by atomic mass is 9.93. The van der Waals surface area contributed by atoms with Crippen LogP contribution in [0.2, 0.25) is 0 Å². The molecule has 0 radical (unpaired) electrons. The summed E-state index contributed by atoms with van der Waals surface area (Å²) in [7, 11) is 0. The molecule has 2 heterocycles. The van der Waals surface area contributed by atoms with Crippen LogP contribution >= 0.6 is 0 Å². The number of pyridine rings is 1. The largest absolute Gasteiger partial charge is 0.377 e. The molecule has 25 heavy (non-hydrogen) atoms. The van der Waals surface area contributed by atoms with Crippen LogP contribution in [0.3, 0.4) is 0 Å². The van der Waals surface area contributed by atoms with Gasteiger partial charge in [0.25, 0.3) is 5.91 Å². The molecule has 1 aromatic carbocycles. The zero-order valence-electron chi connectivity index (χ0n) is 14.2. The predicted molar refractivity (Wildman–Crippen MR) is 93.5 cm³/mol. The molecule has 1 amide bonds. The van der Waals surface area contributed by atoms with Crippen LogP contribution in [0.4, 0.5) is 4.39 Å². The van der Waals surface area contributed by atoms with Gasteiger partial charge >= 0.3 is 0 Å². The van der Waals surface area contributed by atoms with Crippen molar-refractivity contribution >= 4 is 5.91 Å². The van der Waals surface area contributed by atoms with Crippen LogP contribution in [0.5, 0.6) is 0 Å². The van der Waals surface area contributed by atoms with Crippen LogP contribution in [0.25, 0.3) is 0 Å². The Morgan fingerprint density at radius 1 is 1.20 bits per heavy atom. The lowest BCUT2D eigenvalue weighted by Crippen LogP contribution is -2.38. The normalized spacial score (nSPS) is 15.3. The number of hydrogen-bond acceptors (Lipinski definition) is 3. The summed E-state index contributed by atoms with van der Waals surface area (Å²) >= 11 is 0. The molecule has 0 bridgehead atoms. The second-order valence-corrected chi connectivity index (χ2v) is 6.44. The summed E-state index contributed by atoms with van der Waals surface area (Å²) in [5.74, 6) is 0.435. The molecule has 1 saturated heterocycles. The third-order valence-electron chi connectivity index (χ3n) is 4.66. The number of carbonyl (C=O) groups excluding carboxylic acids is 1. The smallest absolute Gasteiger partial charge is 0.253 e. The van der Waals surface area contributed by atoms with Crippen molar-refractivity contribution in [3.8, 4) is 0 Å². The lowest BCUT2D eigenvalue weighted by Gasteiger charge is -2.32. The fourth-order valence-electron chi connectivity index (χ4n) is 3.17. The molecule has 0 saturated carbocycles. The van der Waals surface area contributed by atoms with Crippen molar-refractivity contribution in [3.05, 3.63) is 65.7 Å². The maximum atomic E-state index is 13.1. The summed E-state index contributed by atoms with van der Waals surface area (Å²) < 4.78 is 18.8. The minimum absolute atomic E-state index is 0.0863. The van der Waals surface area contributed by atoms with Gasteiger partial charge in [0.05, 0.1) is 6.61 Å². The van der Waals surface area contributed by atoms with Gasteiger partial charge in [0.2, 0.25) is 0 Å². The fourth-order valence-corrected chi connectivity index (χ4v) is 3.17. The van der Waals surface area contributed by atoms with Gasteiger partial charge in [-0.25, -0.2) is 4.39 Å². The quantitative estimate of drug-likeness (QED) is 0.752. The molecule has 0 atom stereocenters. The van der Waals surface area contributed by atoms with Crippen LogP contribution in [-0.4, -0.2) is 35.5 Å². The first-order valence-corrected chi connectivity index (χ1v) is 8.74. The Labute approximate surface area is 147 Å². The van der Waals surface area contributed by atoms with E-state index >= 15 is 0 Å². The Bertz CT molecular complexity index is 685. The summed E-state index contributed by atoms with van der Waals surface area (Å²) in [6.45, 7) is 2.68. The van der Waals surface area contributed by atoms with Crippen molar-refractivity contribution in [2.75, 3.05) is 19.7 Å². The first-order chi connectivity index (χ1) is 12.2. The summed E-state index contributed by atoms with van der Waals surface area (Å²) in [6, 6.07) is 10.0. The number of hydrogen-bond donors (Lipinski definition) is 0. The minimum Gasteiger partial charge on any atom is -0.377 e. The number of amides is 1. The van der Waals surface area contributed by atoms with Crippen molar-refractivity contribution in [1.29, 1.82) is 0 Å². The van der Waals surface area contributed by atoms with Crippen molar-refractivity contribution in [1.82, 2.24) is 9.88 Å². The van der Waals surface area contributed by atoms with E-state index in [1.54, 1.807) is 30.6 Å². The van der Waals surface area contributed by atoms with Crippen LogP contribution in [0.1, 0.15) is 35.2 Å². The SMILES string of the molecule is O=C(c1ccncc1)N1CCC(CCOCc2cccc(F)c2)CC1. The van der Waals surface area contributed by atoms with Gasteiger partial charge in [-0.2, -0.15) is 0 Å². The van der Waals surface area contributed by atoms with E-state index in [-0.39, 0.29) is 11.7 Å². The molecule has 0 aliphatic carbocycles. The van der Waals surface area contributed by atoms with E-state index < -0.39 is 0 Å². The molecule has 1 aromatic heterocycles. The average molecular weight is 342 g/mol. The summed E-state index contributed by atoms with van der Waals surface area (Å²) in [6.07, 6.45) is 6.28. The number of likely N-dealkylation sites (tertiary alicyclic amines) is 1. The topological polar surface area (TPSA) is 42.4 Å². The van der Waals surface area contributed by atoms with E-state index in [1.165, 1.54) is 12.1 Å². The van der Waals surface area contributed by atoms with Gasteiger partial charge in [-0.3, -0.25) is 9.78 Å². The Balaban J connectivity index is 1.36. The van der Waals surface area contributed by atoms with Crippen LogP contribution in [0, 0.1) is 11.7 Å². The van der Waals surface area contributed by atoms with Gasteiger partial charge in [-0.15, -0.1) is 0 Å². The van der Waals surface area contributed by atoms with E-state index in [1.807, 2.05) is 11.0 Å². The first kappa shape index (κ1) is 17.5. The zero-order chi connectivity index (χ0) is 17.5. The molecule has 5 heteroatoms. The van der Waals surface area contributed by atoms with E-state index in [0.29, 0.717) is 24.7 Å². The highest BCUT2D eigenvalue weighted by atomic mass is 19.1. The number of piperidine rings is 1. The molecular formula is C20H23FN2O2. The second kappa shape index (κ2) is 8.72. The third kappa shape index (κ3) is 5.10. The summed E-state index contributed by atoms with van der Waals surface area (Å²) in [5, 5.41) is 0. The van der Waals surface area contributed by atoms with Gasteiger partial charge < -0.3 is 9.64 Å². The van der Waals surface area contributed by atoms with Crippen molar-refractivity contribution < 1.29 is 13.9 Å². The van der Waals surface area contributed by atoms with Gasteiger partial charge in [0.1, 0.15) is 5.82 Å². The molecule has 0 spiro atoms. The molecule has 132 valence electrons. The van der Waals surface area contributed by atoms with Gasteiger partial charge in [-0.05, 0) is 55.0 Å². The lowest BCUT2D eigenvalue weighted by molar-refractivity contribution is 0.0638. The van der Waals surface area contributed by atoms with E-state index in [4.69, 9.17) is 4.74 Å². The number of carbonyl (C=O) groups is 1. The highest BCUT2D eigenvalue weighted by Crippen LogP contribution is 2.22. The Hall–Kier alpha value is -2.27. The van der Waals surface area contributed by atoms with E-state index in [9.17, 15) is 9.18 Å². The summed E-state index contributed by atoms with van der Waals surface area (Å²) in [4.78, 5) is 18.3. The Morgan fingerprint density at radius 2 is 1.96 bits per heavy atom. The molecule has 0 unspecified atom stereocenters. The van der Waals surface area contributed by atoms with Crippen LogP contribution in [0.15, 0.2) is 48.8 Å². The number of aromatic nitrogens is 1. The Morgan fingerprint density at radius 3 is 2.68 bits per heavy atom. The maximum absolute atomic E-state index is 13.1. The number of benzene rings is 1. The Kier molecular flexibility index (Phi) is 6.12. The molecule has 0 N–H and O–H groups in total. The number of nitrogens with zero attached hydrogens (tertiary/aromatic N) is 2. The monoisotopic (exact) mass is 342 g/mol. The number of ether oxygens (including phenoxy) is 1. The molecule has 1 aliphatic heterocycles. The van der Waals surface area contributed by atoms with Crippen LogP contribution in [-0.2, 0) is 11.3 Å². The van der Waals surface area contributed by atoms with Crippen molar-refractivity contribution in [2.45, 2.75) is 25.9 Å². The standard InChI is InChI=1S/C20H23FN2O2/c21-19-3-1-2-17(14-19)15-25-13-8-16-6-11-23(12-7-16)20(24)18-4-9-22-10-5-18/h1-5,9-10,14,16H,6-8,11-13,15H2. The molecule has 3 rings (SSSR count). The fraction of sp³-hybridized carbons (Fsp3) is 0.400. The molecular weight excluding hydrogens is 319 g/mol. The van der Waals surface area contributed by atoms with Crippen molar-refractivity contribution in [2.24, 2.45) is 5.92 Å². The summed E-state index contributed by atoms with van der Waals surface area (Å²) in [5.41, 5.74) is 1.56. The highest BCUT2D eigenvalue weighted by Gasteiger charge is 2.23. The first-order valence-electron chi connectivity index (χ1n) is 8.74. The van der Waals surface area contributed by atoms with E-state index in [0.717, 1.165) is 37.9 Å². The zero-order valence-corrected chi connectivity index (χ0v) is 14.2. The predicted octanol–water partition coefficient (Wildman–Crippen LogP) is 3.68. The molecule has 2 aromatic rings. The minimum atomic E-state index is -0.229. The highest BCUT2D eigenvalue weighted by molar-refractivity contribution is 5.94. The second-order valence-electron chi connectivity index (χ2n) is 6.44. The van der Waals surface area contributed by atoms with Gasteiger partial charge in [0.15, 0.2) is 0 Å². The molecule has 1 aliphatic rings. The molecule has 1 fully saturated rings. The number of halogens is 1. The third-order valence-corrected chi connectivity index (χ3v) is 4.66. The van der Waals surface area contributed by atoms with Gasteiger partial charge in [-0.1, -0.05) is 12.1 Å². The van der Waals surface area contributed by atoms with E-state index in [2.05, 4.69) is 4.98 Å². The van der Waals surface area contributed by atoms with Crippen LogP contribution < -0.4 is 0 Å².